The summed E-state index contributed by atoms with van der Waals surface area (Å²) in [6.07, 6.45) is 1.02. The summed E-state index contributed by atoms with van der Waals surface area (Å²) in [5.41, 5.74) is 7.77. The molecule has 0 fully saturated rings. The first-order valence-corrected chi connectivity index (χ1v) is 4.18. The summed E-state index contributed by atoms with van der Waals surface area (Å²) in [6, 6.07) is 7.94. The number of rotatable bonds is 1. The summed E-state index contributed by atoms with van der Waals surface area (Å²) >= 11 is 0. The summed E-state index contributed by atoms with van der Waals surface area (Å²) in [5.74, 6) is 0. The smallest absolute Gasteiger partial charge is 0.0346 e. The minimum Gasteiger partial charge on any atom is -0.399 e. The van der Waals surface area contributed by atoms with Gasteiger partial charge >= 0.3 is 0 Å². The molecule has 0 bridgehead atoms. The van der Waals surface area contributed by atoms with Gasteiger partial charge in [-0.1, -0.05) is 46.4 Å². The van der Waals surface area contributed by atoms with Crippen LogP contribution in [-0.4, -0.2) is 0 Å². The molecule has 0 heterocycles. The van der Waals surface area contributed by atoms with E-state index in [0.717, 1.165) is 12.1 Å². The lowest BCUT2D eigenvalue weighted by atomic mass is 10.1. The second kappa shape index (κ2) is 8.12. The highest BCUT2D eigenvalue weighted by Gasteiger charge is 1.90. The van der Waals surface area contributed by atoms with E-state index in [4.69, 9.17) is 5.73 Å². The van der Waals surface area contributed by atoms with Crippen molar-refractivity contribution in [3.8, 4) is 0 Å². The van der Waals surface area contributed by atoms with E-state index in [-0.39, 0.29) is 7.43 Å². The fourth-order valence-electron chi connectivity index (χ4n) is 0.856. The summed E-state index contributed by atoms with van der Waals surface area (Å²) in [6.45, 7) is 6.10. The van der Waals surface area contributed by atoms with E-state index in [2.05, 4.69) is 13.0 Å². The van der Waals surface area contributed by atoms with E-state index in [0.29, 0.717) is 0 Å². The van der Waals surface area contributed by atoms with E-state index >= 15 is 0 Å². The van der Waals surface area contributed by atoms with Gasteiger partial charge in [0.15, 0.2) is 0 Å². The SMILES string of the molecule is C.CC.CCc1ccccc1N. The topological polar surface area (TPSA) is 26.0 Å². The minimum absolute atomic E-state index is 0. The van der Waals surface area contributed by atoms with Gasteiger partial charge in [-0.05, 0) is 18.1 Å². The van der Waals surface area contributed by atoms with E-state index in [9.17, 15) is 0 Å². The Labute approximate surface area is 76.6 Å². The fraction of sp³-hybridized carbons (Fsp3) is 0.455. The molecule has 1 aromatic carbocycles. The van der Waals surface area contributed by atoms with Gasteiger partial charge in [0.05, 0.1) is 0 Å². The minimum atomic E-state index is 0. The van der Waals surface area contributed by atoms with E-state index < -0.39 is 0 Å². The lowest BCUT2D eigenvalue weighted by Gasteiger charge is -1.98. The van der Waals surface area contributed by atoms with Gasteiger partial charge in [-0.25, -0.2) is 0 Å². The van der Waals surface area contributed by atoms with Crippen LogP contribution in [0, 0.1) is 0 Å². The lowest BCUT2D eigenvalue weighted by Crippen LogP contribution is -1.90. The predicted octanol–water partition coefficient (Wildman–Crippen LogP) is 3.49. The van der Waals surface area contributed by atoms with Gasteiger partial charge in [-0.15, -0.1) is 0 Å². The van der Waals surface area contributed by atoms with E-state index in [1.807, 2.05) is 32.0 Å². The molecule has 0 saturated carbocycles. The van der Waals surface area contributed by atoms with Crippen LogP contribution >= 0.6 is 0 Å². The van der Waals surface area contributed by atoms with Crippen molar-refractivity contribution in [3.63, 3.8) is 0 Å². The van der Waals surface area contributed by atoms with Crippen LogP contribution in [0.2, 0.25) is 0 Å². The maximum Gasteiger partial charge on any atom is 0.0346 e. The monoisotopic (exact) mass is 167 g/mol. The Bertz CT molecular complexity index is 194. The maximum atomic E-state index is 5.63. The first-order chi connectivity index (χ1) is 5.34. The van der Waals surface area contributed by atoms with Crippen molar-refractivity contribution < 1.29 is 0 Å². The molecule has 1 nitrogen and oxygen atoms in total. The lowest BCUT2D eigenvalue weighted by molar-refractivity contribution is 1.14. The Morgan fingerprint density at radius 3 is 2.00 bits per heavy atom. The van der Waals surface area contributed by atoms with Gasteiger partial charge in [-0.2, -0.15) is 0 Å². The molecule has 12 heavy (non-hydrogen) atoms. The quantitative estimate of drug-likeness (QED) is 0.636. The Balaban J connectivity index is 0. The van der Waals surface area contributed by atoms with Crippen molar-refractivity contribution >= 4 is 5.69 Å². The number of nitrogen functional groups attached to an aromatic ring is 1. The second-order valence-corrected chi connectivity index (χ2v) is 2.05. The highest BCUT2D eigenvalue weighted by Crippen LogP contribution is 2.09. The average Bonchev–Trinajstić information content (AvgIpc) is 2.09. The fourth-order valence-corrected chi connectivity index (χ4v) is 0.856. The normalized spacial score (nSPS) is 7.58. The highest BCUT2D eigenvalue weighted by atomic mass is 14.5. The molecular weight excluding hydrogens is 146 g/mol. The third-order valence-electron chi connectivity index (χ3n) is 1.44. The number of anilines is 1. The number of nitrogens with two attached hydrogens (primary N) is 1. The maximum absolute atomic E-state index is 5.63. The van der Waals surface area contributed by atoms with Crippen molar-refractivity contribution in [2.24, 2.45) is 0 Å². The van der Waals surface area contributed by atoms with Crippen molar-refractivity contribution in [2.45, 2.75) is 34.6 Å². The second-order valence-electron chi connectivity index (χ2n) is 2.05. The summed E-state index contributed by atoms with van der Waals surface area (Å²) in [4.78, 5) is 0. The Hall–Kier alpha value is -0.980. The van der Waals surface area contributed by atoms with Gasteiger partial charge in [0.2, 0.25) is 0 Å². The van der Waals surface area contributed by atoms with Crippen LogP contribution < -0.4 is 5.73 Å². The van der Waals surface area contributed by atoms with Crippen LogP contribution in [0.3, 0.4) is 0 Å². The number of hydrogen-bond acceptors (Lipinski definition) is 1. The molecule has 1 aromatic rings. The van der Waals surface area contributed by atoms with Crippen molar-refractivity contribution in [1.29, 1.82) is 0 Å². The molecule has 0 amide bonds. The van der Waals surface area contributed by atoms with Gasteiger partial charge in [0, 0.05) is 5.69 Å². The zero-order chi connectivity index (χ0) is 8.69. The standard InChI is InChI=1S/C8H11N.C2H6.CH4/c1-2-7-5-3-4-6-8(7)9;1-2;/h3-6H,2,9H2,1H3;1-2H3;1H4. The molecule has 0 aromatic heterocycles. The average molecular weight is 167 g/mol. The Kier molecular flexibility index (Phi) is 9.20. The number of aryl methyl sites for hydroxylation is 1. The van der Waals surface area contributed by atoms with Crippen LogP contribution in [-0.2, 0) is 6.42 Å². The molecule has 70 valence electrons. The summed E-state index contributed by atoms with van der Waals surface area (Å²) < 4.78 is 0. The largest absolute Gasteiger partial charge is 0.399 e. The third-order valence-corrected chi connectivity index (χ3v) is 1.44. The zero-order valence-corrected chi connectivity index (χ0v) is 7.59. The molecule has 0 radical (unpaired) electrons. The van der Waals surface area contributed by atoms with Crippen molar-refractivity contribution in [3.05, 3.63) is 29.8 Å². The molecule has 1 heteroatoms. The van der Waals surface area contributed by atoms with Gasteiger partial charge in [0.1, 0.15) is 0 Å². The van der Waals surface area contributed by atoms with E-state index in [1.165, 1.54) is 5.56 Å². The third kappa shape index (κ3) is 4.02. The van der Waals surface area contributed by atoms with E-state index in [1.54, 1.807) is 0 Å². The zero-order valence-electron chi connectivity index (χ0n) is 7.59. The molecule has 2 N–H and O–H groups in total. The molecular formula is C11H21N. The number of benzene rings is 1. The molecule has 0 atom stereocenters. The molecule has 0 saturated heterocycles. The van der Waals surface area contributed by atoms with Crippen LogP contribution in [0.4, 0.5) is 5.69 Å². The Morgan fingerprint density at radius 2 is 1.67 bits per heavy atom. The molecule has 0 spiro atoms. The molecule has 1 rings (SSSR count). The summed E-state index contributed by atoms with van der Waals surface area (Å²) in [7, 11) is 0. The predicted molar refractivity (Wildman–Crippen MR) is 58.3 cm³/mol. The Morgan fingerprint density at radius 1 is 1.17 bits per heavy atom. The molecule has 0 unspecified atom stereocenters. The van der Waals surface area contributed by atoms with Crippen LogP contribution in [0.15, 0.2) is 24.3 Å². The van der Waals surface area contributed by atoms with Gasteiger partial charge in [-0.3, -0.25) is 0 Å². The number of para-hydroxylation sites is 1. The molecule has 0 aliphatic rings. The van der Waals surface area contributed by atoms with Crippen molar-refractivity contribution in [1.82, 2.24) is 0 Å². The first-order valence-electron chi connectivity index (χ1n) is 4.18. The van der Waals surface area contributed by atoms with Crippen LogP contribution in [0.25, 0.3) is 0 Å². The van der Waals surface area contributed by atoms with Gasteiger partial charge in [0.25, 0.3) is 0 Å². The first kappa shape index (κ1) is 13.6. The van der Waals surface area contributed by atoms with Crippen LogP contribution in [0.1, 0.15) is 33.8 Å². The number of hydrogen-bond donors (Lipinski definition) is 1. The van der Waals surface area contributed by atoms with Crippen molar-refractivity contribution in [2.75, 3.05) is 5.73 Å². The molecule has 0 aliphatic heterocycles. The van der Waals surface area contributed by atoms with Crippen LogP contribution in [0.5, 0.6) is 0 Å². The van der Waals surface area contributed by atoms with Gasteiger partial charge < -0.3 is 5.73 Å². The molecule has 0 aliphatic carbocycles. The highest BCUT2D eigenvalue weighted by molar-refractivity contribution is 5.46. The summed E-state index contributed by atoms with van der Waals surface area (Å²) in [5, 5.41) is 0.